The number of rotatable bonds is 6. The van der Waals surface area contributed by atoms with Crippen LogP contribution in [0.25, 0.3) is 0 Å². The summed E-state index contributed by atoms with van der Waals surface area (Å²) < 4.78 is 4.99. The summed E-state index contributed by atoms with van der Waals surface area (Å²) in [5.41, 5.74) is 1.29. The van der Waals surface area contributed by atoms with Gasteiger partial charge in [0, 0.05) is 23.4 Å². The van der Waals surface area contributed by atoms with E-state index in [2.05, 4.69) is 5.32 Å². The SMILES string of the molecule is CC(=O)c1ccc(NC(=O)COC(=O)c2cccc(N3C(=O)C=CC3=O)c2)cc1. The predicted octanol–water partition coefficient (Wildman–Crippen LogP) is 2.11. The lowest BCUT2D eigenvalue weighted by atomic mass is 10.1. The number of imide groups is 1. The van der Waals surface area contributed by atoms with E-state index in [1.54, 1.807) is 24.3 Å². The Bertz CT molecular complexity index is 1020. The molecule has 1 heterocycles. The molecule has 0 radical (unpaired) electrons. The molecule has 8 nitrogen and oxygen atoms in total. The van der Waals surface area contributed by atoms with Crippen LogP contribution < -0.4 is 10.2 Å². The van der Waals surface area contributed by atoms with E-state index in [0.717, 1.165) is 17.1 Å². The van der Waals surface area contributed by atoms with Crippen LogP contribution in [0.15, 0.2) is 60.7 Å². The van der Waals surface area contributed by atoms with Gasteiger partial charge in [-0.2, -0.15) is 0 Å². The quantitative estimate of drug-likeness (QED) is 0.458. The Balaban J connectivity index is 1.58. The molecule has 0 unspecified atom stereocenters. The van der Waals surface area contributed by atoms with Gasteiger partial charge in [0.25, 0.3) is 17.7 Å². The van der Waals surface area contributed by atoms with Crippen molar-refractivity contribution in [3.63, 3.8) is 0 Å². The zero-order chi connectivity index (χ0) is 21.0. The van der Waals surface area contributed by atoms with E-state index < -0.39 is 30.3 Å². The van der Waals surface area contributed by atoms with Crippen molar-refractivity contribution < 1.29 is 28.7 Å². The van der Waals surface area contributed by atoms with Gasteiger partial charge in [0.2, 0.25) is 0 Å². The van der Waals surface area contributed by atoms with E-state index in [4.69, 9.17) is 4.74 Å². The number of esters is 1. The summed E-state index contributed by atoms with van der Waals surface area (Å²) in [4.78, 5) is 59.8. The molecule has 8 heteroatoms. The lowest BCUT2D eigenvalue weighted by molar-refractivity contribution is -0.120. The summed E-state index contributed by atoms with van der Waals surface area (Å²) in [5, 5.41) is 2.55. The lowest BCUT2D eigenvalue weighted by Gasteiger charge is -2.14. The van der Waals surface area contributed by atoms with Gasteiger partial charge in [-0.3, -0.25) is 19.2 Å². The second-order valence-electron chi connectivity index (χ2n) is 6.15. The number of carbonyl (C=O) groups excluding carboxylic acids is 5. The number of ether oxygens (including phenoxy) is 1. The molecular weight excluding hydrogens is 376 g/mol. The number of hydrogen-bond donors (Lipinski definition) is 1. The van der Waals surface area contributed by atoms with Gasteiger partial charge in [0.1, 0.15) is 0 Å². The normalized spacial score (nSPS) is 12.8. The number of benzene rings is 2. The number of anilines is 2. The van der Waals surface area contributed by atoms with Crippen LogP contribution in [0.5, 0.6) is 0 Å². The van der Waals surface area contributed by atoms with Crippen LogP contribution in [-0.2, 0) is 19.1 Å². The molecule has 0 fully saturated rings. The van der Waals surface area contributed by atoms with Crippen molar-refractivity contribution in [2.75, 3.05) is 16.8 Å². The number of amides is 3. The van der Waals surface area contributed by atoms with Crippen LogP contribution in [0.1, 0.15) is 27.6 Å². The summed E-state index contributed by atoms with van der Waals surface area (Å²) in [6, 6.07) is 12.1. The van der Waals surface area contributed by atoms with E-state index in [1.165, 1.54) is 31.2 Å². The Morgan fingerprint density at radius 1 is 0.931 bits per heavy atom. The van der Waals surface area contributed by atoms with Gasteiger partial charge in [0.15, 0.2) is 12.4 Å². The molecule has 1 aliphatic heterocycles. The Morgan fingerprint density at radius 3 is 2.21 bits per heavy atom. The Hall–Kier alpha value is -4.07. The first kappa shape index (κ1) is 19.7. The average Bonchev–Trinajstić information content (AvgIpc) is 3.04. The number of hydrogen-bond acceptors (Lipinski definition) is 6. The van der Waals surface area contributed by atoms with E-state index in [1.807, 2.05) is 0 Å². The predicted molar refractivity (Wildman–Crippen MR) is 103 cm³/mol. The van der Waals surface area contributed by atoms with Crippen molar-refractivity contribution >= 4 is 40.8 Å². The zero-order valence-electron chi connectivity index (χ0n) is 15.4. The third-order valence-electron chi connectivity index (χ3n) is 4.06. The Morgan fingerprint density at radius 2 is 1.59 bits per heavy atom. The molecule has 2 aromatic rings. The first-order chi connectivity index (χ1) is 13.8. The molecule has 1 aliphatic rings. The van der Waals surface area contributed by atoms with Crippen LogP contribution in [0.4, 0.5) is 11.4 Å². The van der Waals surface area contributed by atoms with Gasteiger partial charge in [-0.05, 0) is 49.4 Å². The van der Waals surface area contributed by atoms with Gasteiger partial charge in [-0.25, -0.2) is 9.69 Å². The summed E-state index contributed by atoms with van der Waals surface area (Å²) in [7, 11) is 0. The fraction of sp³-hybridized carbons (Fsp3) is 0.0952. The van der Waals surface area contributed by atoms with E-state index >= 15 is 0 Å². The van der Waals surface area contributed by atoms with Crippen LogP contribution in [-0.4, -0.2) is 36.1 Å². The monoisotopic (exact) mass is 392 g/mol. The smallest absolute Gasteiger partial charge is 0.338 e. The van der Waals surface area contributed by atoms with Gasteiger partial charge in [0.05, 0.1) is 11.3 Å². The summed E-state index contributed by atoms with van der Waals surface area (Å²) in [6.07, 6.45) is 2.28. The maximum Gasteiger partial charge on any atom is 0.338 e. The van der Waals surface area contributed by atoms with Gasteiger partial charge in [-0.15, -0.1) is 0 Å². The molecule has 2 aromatic carbocycles. The van der Waals surface area contributed by atoms with Crippen molar-refractivity contribution in [3.8, 4) is 0 Å². The minimum Gasteiger partial charge on any atom is -0.452 e. The number of nitrogens with zero attached hydrogens (tertiary/aromatic N) is 1. The fourth-order valence-electron chi connectivity index (χ4n) is 2.63. The molecule has 3 rings (SSSR count). The highest BCUT2D eigenvalue weighted by molar-refractivity contribution is 6.28. The summed E-state index contributed by atoms with van der Waals surface area (Å²) in [5.74, 6) is -2.43. The molecule has 29 heavy (non-hydrogen) atoms. The highest BCUT2D eigenvalue weighted by Crippen LogP contribution is 2.20. The standard InChI is InChI=1S/C21H16N2O6/c1-13(24)14-5-7-16(8-6-14)22-18(25)12-29-21(28)15-3-2-4-17(11-15)23-19(26)9-10-20(23)27/h2-11H,12H2,1H3,(H,22,25). The van der Waals surface area contributed by atoms with E-state index in [0.29, 0.717) is 11.3 Å². The molecule has 146 valence electrons. The molecule has 0 aliphatic carbocycles. The maximum absolute atomic E-state index is 12.2. The summed E-state index contributed by atoms with van der Waals surface area (Å²) in [6.45, 7) is 0.911. The molecule has 0 spiro atoms. The Labute approximate surface area is 165 Å². The number of nitrogens with one attached hydrogen (secondary N) is 1. The van der Waals surface area contributed by atoms with Crippen LogP contribution in [0, 0.1) is 0 Å². The maximum atomic E-state index is 12.2. The highest BCUT2D eigenvalue weighted by atomic mass is 16.5. The van der Waals surface area contributed by atoms with Crippen molar-refractivity contribution in [1.82, 2.24) is 0 Å². The van der Waals surface area contributed by atoms with E-state index in [9.17, 15) is 24.0 Å². The fourth-order valence-corrected chi connectivity index (χ4v) is 2.63. The van der Waals surface area contributed by atoms with Crippen molar-refractivity contribution in [1.29, 1.82) is 0 Å². The second kappa shape index (κ2) is 8.30. The molecule has 0 saturated heterocycles. The molecule has 0 aromatic heterocycles. The molecule has 0 saturated carbocycles. The molecule has 3 amide bonds. The zero-order valence-corrected chi connectivity index (χ0v) is 15.4. The average molecular weight is 392 g/mol. The number of ketones is 1. The molecule has 1 N–H and O–H groups in total. The first-order valence-corrected chi connectivity index (χ1v) is 8.59. The largest absolute Gasteiger partial charge is 0.452 e. The molecule has 0 atom stereocenters. The minimum absolute atomic E-state index is 0.0906. The topological polar surface area (TPSA) is 110 Å². The van der Waals surface area contributed by atoms with Crippen molar-refractivity contribution in [3.05, 3.63) is 71.8 Å². The number of Topliss-reactive ketones (excluding diaryl/α,β-unsaturated/α-hetero) is 1. The second-order valence-corrected chi connectivity index (χ2v) is 6.15. The number of carbonyl (C=O) groups is 5. The van der Waals surface area contributed by atoms with Crippen LogP contribution in [0.3, 0.4) is 0 Å². The van der Waals surface area contributed by atoms with Crippen molar-refractivity contribution in [2.45, 2.75) is 6.92 Å². The lowest BCUT2D eigenvalue weighted by Crippen LogP contribution is -2.29. The van der Waals surface area contributed by atoms with E-state index in [-0.39, 0.29) is 17.0 Å². The van der Waals surface area contributed by atoms with Crippen LogP contribution >= 0.6 is 0 Å². The highest BCUT2D eigenvalue weighted by Gasteiger charge is 2.25. The summed E-state index contributed by atoms with van der Waals surface area (Å²) >= 11 is 0. The molecule has 0 bridgehead atoms. The van der Waals surface area contributed by atoms with Crippen molar-refractivity contribution in [2.24, 2.45) is 0 Å². The van der Waals surface area contributed by atoms with Gasteiger partial charge < -0.3 is 10.1 Å². The van der Waals surface area contributed by atoms with Crippen LogP contribution in [0.2, 0.25) is 0 Å². The third-order valence-corrected chi connectivity index (χ3v) is 4.06. The van der Waals surface area contributed by atoms with Gasteiger partial charge in [-0.1, -0.05) is 6.07 Å². The Kier molecular flexibility index (Phi) is 5.64. The van der Waals surface area contributed by atoms with Gasteiger partial charge >= 0.3 is 5.97 Å². The molecular formula is C21H16N2O6. The third kappa shape index (κ3) is 4.62. The first-order valence-electron chi connectivity index (χ1n) is 8.59. The minimum atomic E-state index is -0.777.